The number of para-hydroxylation sites is 1. The van der Waals surface area contributed by atoms with Crippen LogP contribution in [0.5, 0.6) is 11.5 Å². The first-order valence-electron chi connectivity index (χ1n) is 12.7. The van der Waals surface area contributed by atoms with Crippen LogP contribution in [0.4, 0.5) is 10.5 Å². The van der Waals surface area contributed by atoms with Crippen LogP contribution < -0.4 is 14.8 Å². The van der Waals surface area contributed by atoms with Crippen molar-refractivity contribution < 1.29 is 14.3 Å². The van der Waals surface area contributed by atoms with Crippen LogP contribution in [0.15, 0.2) is 97.2 Å². The van der Waals surface area contributed by atoms with Gasteiger partial charge in [0.05, 0.1) is 49.6 Å². The first-order chi connectivity index (χ1) is 19.1. The molecule has 1 aliphatic rings. The summed E-state index contributed by atoms with van der Waals surface area (Å²) in [6.45, 7) is 2.35. The minimum atomic E-state index is -0.353. The molecular formula is C31H29N5O3. The Hall–Kier alpha value is -4.98. The van der Waals surface area contributed by atoms with E-state index >= 15 is 0 Å². The Bertz CT molecular complexity index is 1630. The van der Waals surface area contributed by atoms with E-state index in [0.29, 0.717) is 23.7 Å². The number of carbonyl (C=O) groups is 1. The van der Waals surface area contributed by atoms with Crippen molar-refractivity contribution in [1.29, 1.82) is 0 Å². The topological polar surface area (TPSA) is 73.6 Å². The molecule has 3 aromatic carbocycles. The van der Waals surface area contributed by atoms with Crippen molar-refractivity contribution in [3.8, 4) is 23.0 Å². The molecule has 0 saturated heterocycles. The molecular weight excluding hydrogens is 490 g/mol. The molecule has 0 fully saturated rings. The van der Waals surface area contributed by atoms with E-state index in [2.05, 4.69) is 28.1 Å². The number of methoxy groups -OCH3 is 2. The van der Waals surface area contributed by atoms with Crippen molar-refractivity contribution >= 4 is 11.7 Å². The van der Waals surface area contributed by atoms with Gasteiger partial charge in [-0.2, -0.15) is 5.10 Å². The molecule has 0 bridgehead atoms. The number of fused-ring (bicyclic) bond motifs is 3. The third kappa shape index (κ3) is 4.29. The summed E-state index contributed by atoms with van der Waals surface area (Å²) in [5, 5.41) is 8.00. The number of nitrogens with zero attached hydrogens (tertiary/aromatic N) is 4. The molecule has 1 aliphatic heterocycles. The highest BCUT2D eigenvalue weighted by atomic mass is 16.5. The molecule has 2 aromatic heterocycles. The van der Waals surface area contributed by atoms with Crippen LogP contribution in [-0.4, -0.2) is 39.5 Å². The third-order valence-corrected chi connectivity index (χ3v) is 7.11. The lowest BCUT2D eigenvalue weighted by atomic mass is 10.0. The van der Waals surface area contributed by atoms with Gasteiger partial charge in [-0.1, -0.05) is 48.5 Å². The first kappa shape index (κ1) is 24.4. The second-order valence-corrected chi connectivity index (χ2v) is 9.38. The number of nitrogens with one attached hydrogen (secondary N) is 1. The maximum Gasteiger partial charge on any atom is 0.323 e. The third-order valence-electron chi connectivity index (χ3n) is 7.11. The summed E-state index contributed by atoms with van der Waals surface area (Å²) in [4.78, 5) is 16.0. The van der Waals surface area contributed by atoms with E-state index in [-0.39, 0.29) is 12.1 Å². The Kier molecular flexibility index (Phi) is 6.28. The van der Waals surface area contributed by atoms with Crippen molar-refractivity contribution in [2.45, 2.75) is 19.5 Å². The monoisotopic (exact) mass is 519 g/mol. The number of hydrogen-bond acceptors (Lipinski definition) is 4. The number of ether oxygens (including phenoxy) is 2. The zero-order valence-corrected chi connectivity index (χ0v) is 22.0. The average molecular weight is 520 g/mol. The molecule has 1 atom stereocenters. The summed E-state index contributed by atoms with van der Waals surface area (Å²) in [5.41, 5.74) is 5.29. The summed E-state index contributed by atoms with van der Waals surface area (Å²) >= 11 is 0. The Morgan fingerprint density at radius 2 is 1.67 bits per heavy atom. The highest BCUT2D eigenvalue weighted by molar-refractivity contribution is 5.92. The molecule has 5 aromatic rings. The van der Waals surface area contributed by atoms with E-state index in [1.165, 1.54) is 0 Å². The van der Waals surface area contributed by atoms with Crippen LogP contribution >= 0.6 is 0 Å². The number of anilines is 1. The van der Waals surface area contributed by atoms with E-state index in [9.17, 15) is 4.79 Å². The highest BCUT2D eigenvalue weighted by Crippen LogP contribution is 2.39. The van der Waals surface area contributed by atoms with Gasteiger partial charge >= 0.3 is 6.03 Å². The molecule has 2 amide bonds. The second-order valence-electron chi connectivity index (χ2n) is 9.38. The van der Waals surface area contributed by atoms with E-state index in [1.54, 1.807) is 32.4 Å². The lowest BCUT2D eigenvalue weighted by Crippen LogP contribution is -2.38. The van der Waals surface area contributed by atoms with Crippen LogP contribution in [0.25, 0.3) is 11.5 Å². The largest absolute Gasteiger partial charge is 0.497 e. The van der Waals surface area contributed by atoms with Gasteiger partial charge in [-0.15, -0.1) is 0 Å². The predicted molar refractivity (Wildman–Crippen MR) is 150 cm³/mol. The summed E-state index contributed by atoms with van der Waals surface area (Å²) in [5.74, 6) is 2.10. The number of carbonyl (C=O) groups excluding carboxylic acids is 1. The fraction of sp³-hybridized carbons (Fsp3) is 0.161. The molecule has 196 valence electrons. The van der Waals surface area contributed by atoms with Crippen molar-refractivity contribution in [2.24, 2.45) is 0 Å². The fourth-order valence-corrected chi connectivity index (χ4v) is 5.23. The maximum absolute atomic E-state index is 14.2. The summed E-state index contributed by atoms with van der Waals surface area (Å²) in [6, 6.07) is 29.0. The lowest BCUT2D eigenvalue weighted by Gasteiger charge is -2.31. The molecule has 39 heavy (non-hydrogen) atoms. The van der Waals surface area contributed by atoms with Crippen molar-refractivity contribution in [3.63, 3.8) is 0 Å². The van der Waals surface area contributed by atoms with E-state index in [1.807, 2.05) is 77.3 Å². The highest BCUT2D eigenvalue weighted by Gasteiger charge is 2.36. The fourth-order valence-electron chi connectivity index (χ4n) is 5.23. The Morgan fingerprint density at radius 1 is 0.923 bits per heavy atom. The zero-order valence-electron chi connectivity index (χ0n) is 22.0. The Balaban J connectivity index is 1.51. The summed E-state index contributed by atoms with van der Waals surface area (Å²) in [6.07, 6.45) is 2.04. The first-order valence-corrected chi connectivity index (χ1v) is 12.7. The van der Waals surface area contributed by atoms with Crippen LogP contribution in [0.1, 0.15) is 28.6 Å². The van der Waals surface area contributed by atoms with Gasteiger partial charge < -0.3 is 24.3 Å². The molecule has 0 spiro atoms. The average Bonchev–Trinajstić information content (AvgIpc) is 3.54. The summed E-state index contributed by atoms with van der Waals surface area (Å²) in [7, 11) is 3.17. The standard InChI is InChI=1S/C31H29N5O3/c1-21-25-20-35(31(37)32-26-19-24(38-2)16-17-28(26)39-3)29(22-11-6-4-7-12-22)27-15-10-18-34(27)30(25)36(33-21)23-13-8-5-9-14-23/h4-19,29H,20H2,1-3H3,(H,32,37)/t29-/m1/s1. The number of hydrogen-bond donors (Lipinski definition) is 1. The molecule has 0 unspecified atom stereocenters. The van der Waals surface area contributed by atoms with E-state index in [0.717, 1.165) is 34.0 Å². The van der Waals surface area contributed by atoms with E-state index < -0.39 is 0 Å². The Morgan fingerprint density at radius 3 is 2.38 bits per heavy atom. The lowest BCUT2D eigenvalue weighted by molar-refractivity contribution is 0.194. The van der Waals surface area contributed by atoms with Gasteiger partial charge in [-0.05, 0) is 48.9 Å². The van der Waals surface area contributed by atoms with E-state index in [4.69, 9.17) is 14.6 Å². The van der Waals surface area contributed by atoms with Crippen LogP contribution in [0.2, 0.25) is 0 Å². The molecule has 6 rings (SSSR count). The van der Waals surface area contributed by atoms with Gasteiger partial charge in [0.15, 0.2) is 0 Å². The molecule has 0 radical (unpaired) electrons. The number of aryl methyl sites for hydroxylation is 1. The van der Waals surface area contributed by atoms with Gasteiger partial charge in [0.1, 0.15) is 17.3 Å². The number of urea groups is 1. The van der Waals surface area contributed by atoms with Gasteiger partial charge in [0.25, 0.3) is 0 Å². The minimum Gasteiger partial charge on any atom is -0.497 e. The second kappa shape index (κ2) is 10.1. The van der Waals surface area contributed by atoms with Crippen LogP contribution in [0, 0.1) is 6.92 Å². The Labute approximate surface area is 227 Å². The minimum absolute atomic E-state index is 0.261. The van der Waals surface area contributed by atoms with Gasteiger partial charge in [-0.3, -0.25) is 0 Å². The van der Waals surface area contributed by atoms with Gasteiger partial charge in [0, 0.05) is 17.8 Å². The molecule has 8 heteroatoms. The van der Waals surface area contributed by atoms with Crippen molar-refractivity contribution in [2.75, 3.05) is 19.5 Å². The summed E-state index contributed by atoms with van der Waals surface area (Å²) < 4.78 is 15.0. The molecule has 1 N–H and O–H groups in total. The number of rotatable bonds is 5. The van der Waals surface area contributed by atoms with Gasteiger partial charge in [0.2, 0.25) is 0 Å². The number of amides is 2. The van der Waals surface area contributed by atoms with Gasteiger partial charge in [-0.25, -0.2) is 9.48 Å². The molecule has 0 aliphatic carbocycles. The molecule has 3 heterocycles. The van der Waals surface area contributed by atoms with Crippen LogP contribution in [0.3, 0.4) is 0 Å². The molecule has 8 nitrogen and oxygen atoms in total. The van der Waals surface area contributed by atoms with Crippen molar-refractivity contribution in [1.82, 2.24) is 19.2 Å². The number of aromatic nitrogens is 3. The zero-order chi connectivity index (χ0) is 26.9. The maximum atomic E-state index is 14.2. The van der Waals surface area contributed by atoms with Crippen LogP contribution in [-0.2, 0) is 6.54 Å². The molecule has 0 saturated carbocycles. The smallest absolute Gasteiger partial charge is 0.323 e. The SMILES string of the molecule is COc1ccc(OC)c(NC(=O)N2Cc3c(C)nn(-c4ccccc4)c3-n3cccc3[C@H]2c2ccccc2)c1. The van der Waals surface area contributed by atoms with Crippen molar-refractivity contribution in [3.05, 3.63) is 120 Å². The number of benzene rings is 3. The quantitative estimate of drug-likeness (QED) is 0.303. The predicted octanol–water partition coefficient (Wildman–Crippen LogP) is 6.13. The normalized spacial score (nSPS) is 14.2.